The maximum Gasteiger partial charge on any atom is 0.209 e. The Hall–Kier alpha value is -1.55. The van der Waals surface area contributed by atoms with Gasteiger partial charge in [-0.1, -0.05) is 12.1 Å². The zero-order valence-electron chi connectivity index (χ0n) is 9.17. The average molecular weight is 220 g/mol. The molecule has 0 aromatic heterocycles. The van der Waals surface area contributed by atoms with Gasteiger partial charge in [0.2, 0.25) is 6.41 Å². The normalized spacial score (nSPS) is 17.4. The number of nitrogens with zero attached hydrogens (tertiary/aromatic N) is 2. The number of rotatable bonds is 3. The van der Waals surface area contributed by atoms with Crippen molar-refractivity contribution in [1.29, 1.82) is 0 Å². The molecular formula is C12H16N2O2. The number of carbonyl (C=O) groups is 1. The first kappa shape index (κ1) is 11.0. The zero-order chi connectivity index (χ0) is 11.4. The van der Waals surface area contributed by atoms with Crippen LogP contribution < -0.4 is 0 Å². The molecule has 1 aliphatic heterocycles. The molecular weight excluding hydrogens is 204 g/mol. The Labute approximate surface area is 95.1 Å². The van der Waals surface area contributed by atoms with Gasteiger partial charge in [0.05, 0.1) is 0 Å². The average Bonchev–Trinajstić information content (AvgIpc) is 2.30. The number of piperazine rings is 1. The van der Waals surface area contributed by atoms with Crippen LogP contribution in [0, 0.1) is 0 Å². The summed E-state index contributed by atoms with van der Waals surface area (Å²) in [5, 5.41) is 9.35. The summed E-state index contributed by atoms with van der Waals surface area (Å²) in [7, 11) is 0. The van der Waals surface area contributed by atoms with E-state index in [1.54, 1.807) is 17.0 Å². The molecule has 0 atom stereocenters. The predicted molar refractivity (Wildman–Crippen MR) is 61.0 cm³/mol. The Morgan fingerprint density at radius 2 is 2.00 bits per heavy atom. The van der Waals surface area contributed by atoms with Crippen molar-refractivity contribution in [1.82, 2.24) is 9.80 Å². The molecule has 0 bridgehead atoms. The second kappa shape index (κ2) is 4.99. The number of benzene rings is 1. The lowest BCUT2D eigenvalue weighted by molar-refractivity contribution is -0.119. The van der Waals surface area contributed by atoms with E-state index in [2.05, 4.69) is 4.90 Å². The van der Waals surface area contributed by atoms with Crippen LogP contribution in [0.4, 0.5) is 0 Å². The van der Waals surface area contributed by atoms with Crippen LogP contribution in [-0.4, -0.2) is 47.5 Å². The lowest BCUT2D eigenvalue weighted by Gasteiger charge is -2.32. The highest BCUT2D eigenvalue weighted by molar-refractivity contribution is 5.47. The molecule has 2 rings (SSSR count). The van der Waals surface area contributed by atoms with E-state index in [9.17, 15) is 9.90 Å². The van der Waals surface area contributed by atoms with Crippen molar-refractivity contribution in [3.63, 3.8) is 0 Å². The lowest BCUT2D eigenvalue weighted by atomic mass is 10.2. The third-order valence-electron chi connectivity index (χ3n) is 2.87. The molecule has 1 fully saturated rings. The summed E-state index contributed by atoms with van der Waals surface area (Å²) in [5.41, 5.74) is 1.11. The van der Waals surface area contributed by atoms with Crippen molar-refractivity contribution < 1.29 is 9.90 Å². The standard InChI is InChI=1S/C12H16N2O2/c15-10-14-6-4-13(5-7-14)9-11-2-1-3-12(16)8-11/h1-3,8,10,16H,4-7,9H2. The van der Waals surface area contributed by atoms with E-state index >= 15 is 0 Å². The molecule has 0 saturated carbocycles. The Morgan fingerprint density at radius 3 is 2.62 bits per heavy atom. The van der Waals surface area contributed by atoms with E-state index in [1.807, 2.05) is 12.1 Å². The molecule has 0 unspecified atom stereocenters. The molecule has 16 heavy (non-hydrogen) atoms. The highest BCUT2D eigenvalue weighted by Gasteiger charge is 2.15. The SMILES string of the molecule is O=CN1CCN(Cc2cccc(O)c2)CC1. The second-order valence-corrected chi connectivity index (χ2v) is 4.09. The van der Waals surface area contributed by atoms with Gasteiger partial charge in [0.1, 0.15) is 5.75 Å². The van der Waals surface area contributed by atoms with Gasteiger partial charge in [-0.25, -0.2) is 0 Å². The predicted octanol–water partition coefficient (Wildman–Crippen LogP) is 0.666. The molecule has 1 N–H and O–H groups in total. The van der Waals surface area contributed by atoms with Crippen molar-refractivity contribution in [2.45, 2.75) is 6.54 Å². The van der Waals surface area contributed by atoms with E-state index in [1.165, 1.54) is 0 Å². The van der Waals surface area contributed by atoms with Gasteiger partial charge in [0.25, 0.3) is 0 Å². The molecule has 0 spiro atoms. The number of hydrogen-bond acceptors (Lipinski definition) is 3. The Bertz CT molecular complexity index is 360. The molecule has 1 aromatic rings. The van der Waals surface area contributed by atoms with Crippen molar-refractivity contribution in [3.8, 4) is 5.75 Å². The second-order valence-electron chi connectivity index (χ2n) is 4.09. The number of carbonyl (C=O) groups excluding carboxylic acids is 1. The van der Waals surface area contributed by atoms with E-state index in [0.717, 1.165) is 44.7 Å². The highest BCUT2D eigenvalue weighted by Crippen LogP contribution is 2.13. The number of phenols is 1. The third kappa shape index (κ3) is 2.73. The lowest BCUT2D eigenvalue weighted by Crippen LogP contribution is -2.45. The highest BCUT2D eigenvalue weighted by atomic mass is 16.3. The van der Waals surface area contributed by atoms with Crippen LogP contribution in [0.15, 0.2) is 24.3 Å². The summed E-state index contributed by atoms with van der Waals surface area (Å²) in [6, 6.07) is 7.32. The minimum atomic E-state index is 0.309. The number of hydrogen-bond donors (Lipinski definition) is 1. The minimum Gasteiger partial charge on any atom is -0.508 e. The fourth-order valence-electron chi connectivity index (χ4n) is 1.94. The van der Waals surface area contributed by atoms with Gasteiger partial charge < -0.3 is 10.0 Å². The van der Waals surface area contributed by atoms with Gasteiger partial charge in [-0.2, -0.15) is 0 Å². The minimum absolute atomic E-state index is 0.309. The van der Waals surface area contributed by atoms with Gasteiger partial charge >= 0.3 is 0 Å². The Morgan fingerprint density at radius 1 is 1.25 bits per heavy atom. The van der Waals surface area contributed by atoms with Gasteiger partial charge in [0.15, 0.2) is 0 Å². The molecule has 1 aromatic carbocycles. The quantitative estimate of drug-likeness (QED) is 0.761. The van der Waals surface area contributed by atoms with Crippen LogP contribution in [0.3, 0.4) is 0 Å². The maximum atomic E-state index is 10.5. The summed E-state index contributed by atoms with van der Waals surface area (Å²) < 4.78 is 0. The molecule has 1 aliphatic rings. The molecule has 4 nitrogen and oxygen atoms in total. The number of aromatic hydroxyl groups is 1. The largest absolute Gasteiger partial charge is 0.508 e. The van der Waals surface area contributed by atoms with Gasteiger partial charge in [-0.05, 0) is 17.7 Å². The van der Waals surface area contributed by atoms with E-state index in [-0.39, 0.29) is 0 Å². The first-order valence-electron chi connectivity index (χ1n) is 5.47. The summed E-state index contributed by atoms with van der Waals surface area (Å²) in [6.07, 6.45) is 0.908. The maximum absolute atomic E-state index is 10.5. The van der Waals surface area contributed by atoms with Gasteiger partial charge in [0, 0.05) is 32.7 Å². The monoisotopic (exact) mass is 220 g/mol. The van der Waals surface area contributed by atoms with Gasteiger partial charge in [-0.3, -0.25) is 9.69 Å². The Balaban J connectivity index is 1.89. The molecule has 0 radical (unpaired) electrons. The van der Waals surface area contributed by atoms with Crippen molar-refractivity contribution in [3.05, 3.63) is 29.8 Å². The molecule has 1 saturated heterocycles. The molecule has 86 valence electrons. The van der Waals surface area contributed by atoms with Crippen LogP contribution in [0.2, 0.25) is 0 Å². The summed E-state index contributed by atoms with van der Waals surface area (Å²) >= 11 is 0. The summed E-state index contributed by atoms with van der Waals surface area (Å²) in [5.74, 6) is 0.309. The van der Waals surface area contributed by atoms with Crippen LogP contribution in [0.25, 0.3) is 0 Å². The first-order chi connectivity index (χ1) is 7.78. The van der Waals surface area contributed by atoms with Crippen LogP contribution in [-0.2, 0) is 11.3 Å². The summed E-state index contributed by atoms with van der Waals surface area (Å²) in [4.78, 5) is 14.6. The van der Waals surface area contributed by atoms with Gasteiger partial charge in [-0.15, -0.1) is 0 Å². The van der Waals surface area contributed by atoms with Crippen LogP contribution in [0.1, 0.15) is 5.56 Å². The fourth-order valence-corrected chi connectivity index (χ4v) is 1.94. The number of phenolic OH excluding ortho intramolecular Hbond substituents is 1. The molecule has 0 aliphatic carbocycles. The van der Waals surface area contributed by atoms with Crippen molar-refractivity contribution in [2.75, 3.05) is 26.2 Å². The third-order valence-corrected chi connectivity index (χ3v) is 2.87. The zero-order valence-corrected chi connectivity index (χ0v) is 9.17. The van der Waals surface area contributed by atoms with Crippen LogP contribution in [0.5, 0.6) is 5.75 Å². The van der Waals surface area contributed by atoms with E-state index in [0.29, 0.717) is 5.75 Å². The molecule has 4 heteroatoms. The molecule has 1 amide bonds. The van der Waals surface area contributed by atoms with Crippen LogP contribution >= 0.6 is 0 Å². The van der Waals surface area contributed by atoms with Crippen molar-refractivity contribution >= 4 is 6.41 Å². The van der Waals surface area contributed by atoms with E-state index in [4.69, 9.17) is 0 Å². The Kier molecular flexibility index (Phi) is 3.41. The fraction of sp³-hybridized carbons (Fsp3) is 0.417. The summed E-state index contributed by atoms with van der Waals surface area (Å²) in [6.45, 7) is 4.22. The first-order valence-corrected chi connectivity index (χ1v) is 5.47. The van der Waals surface area contributed by atoms with E-state index < -0.39 is 0 Å². The van der Waals surface area contributed by atoms with Crippen molar-refractivity contribution in [2.24, 2.45) is 0 Å². The smallest absolute Gasteiger partial charge is 0.209 e. The molecule has 1 heterocycles. The number of amides is 1. The topological polar surface area (TPSA) is 43.8 Å².